The van der Waals surface area contributed by atoms with Crippen LogP contribution in [-0.2, 0) is 11.2 Å². The van der Waals surface area contributed by atoms with Crippen LogP contribution in [0.2, 0.25) is 0 Å². The largest absolute Gasteiger partial charge is 0.497 e. The van der Waals surface area contributed by atoms with Crippen LogP contribution in [0.4, 0.5) is 0 Å². The van der Waals surface area contributed by atoms with Crippen molar-refractivity contribution in [3.63, 3.8) is 0 Å². The Labute approximate surface area is 108 Å². The molecule has 2 rings (SSSR count). The first-order chi connectivity index (χ1) is 8.64. The van der Waals surface area contributed by atoms with Gasteiger partial charge in [-0.1, -0.05) is 25.0 Å². The number of nitrogens with two attached hydrogens (primary N) is 1. The summed E-state index contributed by atoms with van der Waals surface area (Å²) in [5, 5.41) is 0. The van der Waals surface area contributed by atoms with Gasteiger partial charge in [0.1, 0.15) is 5.75 Å². The number of rotatable bonds is 5. The normalized spacial score (nSPS) is 17.7. The van der Waals surface area contributed by atoms with Crippen molar-refractivity contribution in [2.75, 3.05) is 7.11 Å². The average molecular weight is 247 g/mol. The highest BCUT2D eigenvalue weighted by Crippen LogP contribution is 2.29. The first-order valence-corrected chi connectivity index (χ1v) is 6.59. The van der Waals surface area contributed by atoms with Gasteiger partial charge < -0.3 is 10.5 Å². The third-order valence-electron chi connectivity index (χ3n) is 3.85. The maximum Gasteiger partial charge on any atom is 0.152 e. The number of ketones is 1. The molecule has 0 spiro atoms. The van der Waals surface area contributed by atoms with E-state index in [9.17, 15) is 4.79 Å². The summed E-state index contributed by atoms with van der Waals surface area (Å²) in [7, 11) is 1.65. The zero-order valence-corrected chi connectivity index (χ0v) is 10.9. The van der Waals surface area contributed by atoms with E-state index in [0.717, 1.165) is 43.4 Å². The summed E-state index contributed by atoms with van der Waals surface area (Å²) < 4.78 is 5.11. The van der Waals surface area contributed by atoms with E-state index >= 15 is 0 Å². The van der Waals surface area contributed by atoms with Crippen molar-refractivity contribution in [3.05, 3.63) is 29.8 Å². The van der Waals surface area contributed by atoms with Crippen molar-refractivity contribution in [1.29, 1.82) is 0 Å². The smallest absolute Gasteiger partial charge is 0.152 e. The zero-order valence-electron chi connectivity index (χ0n) is 10.9. The molecular formula is C15H21NO2. The van der Waals surface area contributed by atoms with Gasteiger partial charge in [0.25, 0.3) is 0 Å². The maximum absolute atomic E-state index is 12.1. The van der Waals surface area contributed by atoms with Gasteiger partial charge in [0.2, 0.25) is 0 Å². The molecule has 2 N–H and O–H groups in total. The third kappa shape index (κ3) is 2.91. The Morgan fingerprint density at radius 1 is 1.28 bits per heavy atom. The zero-order chi connectivity index (χ0) is 13.0. The van der Waals surface area contributed by atoms with Crippen LogP contribution in [-0.4, -0.2) is 18.4 Å². The van der Waals surface area contributed by atoms with E-state index in [0.29, 0.717) is 6.42 Å². The van der Waals surface area contributed by atoms with Crippen molar-refractivity contribution in [3.8, 4) is 5.75 Å². The van der Waals surface area contributed by atoms with Crippen LogP contribution in [0.3, 0.4) is 0 Å². The lowest BCUT2D eigenvalue weighted by molar-refractivity contribution is -0.124. The van der Waals surface area contributed by atoms with Crippen LogP contribution in [0.1, 0.15) is 37.7 Å². The SMILES string of the molecule is COc1ccc(CCC(=O)C2(N)CCCC2)cc1. The predicted octanol–water partition coefficient (Wildman–Crippen LogP) is 2.47. The molecule has 1 aliphatic carbocycles. The Hall–Kier alpha value is -1.35. The fourth-order valence-electron chi connectivity index (χ4n) is 2.58. The molecule has 3 heteroatoms. The van der Waals surface area contributed by atoms with Crippen LogP contribution in [0.15, 0.2) is 24.3 Å². The van der Waals surface area contributed by atoms with E-state index in [1.165, 1.54) is 0 Å². The minimum absolute atomic E-state index is 0.218. The first kappa shape index (κ1) is 13.1. The first-order valence-electron chi connectivity index (χ1n) is 6.59. The van der Waals surface area contributed by atoms with E-state index < -0.39 is 5.54 Å². The van der Waals surface area contributed by atoms with Gasteiger partial charge in [-0.15, -0.1) is 0 Å². The van der Waals surface area contributed by atoms with E-state index in [1.807, 2.05) is 24.3 Å². The number of aryl methyl sites for hydroxylation is 1. The Bertz CT molecular complexity index is 405. The molecule has 0 heterocycles. The minimum atomic E-state index is -0.535. The molecule has 0 atom stereocenters. The quantitative estimate of drug-likeness (QED) is 0.869. The summed E-state index contributed by atoms with van der Waals surface area (Å²) in [5.74, 6) is 1.06. The van der Waals surface area contributed by atoms with Crippen LogP contribution in [0.25, 0.3) is 0 Å². The molecule has 1 aromatic carbocycles. The fraction of sp³-hybridized carbons (Fsp3) is 0.533. The number of carbonyl (C=O) groups excluding carboxylic acids is 1. The van der Waals surface area contributed by atoms with Gasteiger partial charge in [-0.3, -0.25) is 4.79 Å². The lowest BCUT2D eigenvalue weighted by Crippen LogP contribution is -2.45. The van der Waals surface area contributed by atoms with Gasteiger partial charge in [0.05, 0.1) is 12.6 Å². The topological polar surface area (TPSA) is 52.3 Å². The minimum Gasteiger partial charge on any atom is -0.497 e. The Kier molecular flexibility index (Phi) is 4.02. The van der Waals surface area contributed by atoms with Crippen molar-refractivity contribution in [2.45, 2.75) is 44.1 Å². The number of Topliss-reactive ketones (excluding diaryl/α,β-unsaturated/α-hetero) is 1. The fourth-order valence-corrected chi connectivity index (χ4v) is 2.58. The molecule has 0 bridgehead atoms. The van der Waals surface area contributed by atoms with Crippen molar-refractivity contribution < 1.29 is 9.53 Å². The van der Waals surface area contributed by atoms with Crippen LogP contribution >= 0.6 is 0 Å². The van der Waals surface area contributed by atoms with Crippen molar-refractivity contribution in [1.82, 2.24) is 0 Å². The second-order valence-electron chi connectivity index (χ2n) is 5.13. The monoisotopic (exact) mass is 247 g/mol. The molecule has 1 aromatic rings. The standard InChI is InChI=1S/C15H21NO2/c1-18-13-7-4-12(5-8-13)6-9-14(17)15(16)10-2-3-11-15/h4-5,7-8H,2-3,6,9-11,16H2,1H3. The number of hydrogen-bond acceptors (Lipinski definition) is 3. The predicted molar refractivity (Wildman–Crippen MR) is 71.7 cm³/mol. The summed E-state index contributed by atoms with van der Waals surface area (Å²) in [5.41, 5.74) is 6.77. The molecule has 1 aliphatic rings. The molecule has 0 aromatic heterocycles. The Morgan fingerprint density at radius 2 is 1.89 bits per heavy atom. The third-order valence-corrected chi connectivity index (χ3v) is 3.85. The van der Waals surface area contributed by atoms with E-state index in [-0.39, 0.29) is 5.78 Å². The average Bonchev–Trinajstić information content (AvgIpc) is 2.85. The van der Waals surface area contributed by atoms with Crippen LogP contribution < -0.4 is 10.5 Å². The molecule has 0 amide bonds. The van der Waals surface area contributed by atoms with Crippen molar-refractivity contribution in [2.24, 2.45) is 5.73 Å². The second-order valence-corrected chi connectivity index (χ2v) is 5.13. The van der Waals surface area contributed by atoms with Gasteiger partial charge >= 0.3 is 0 Å². The van der Waals surface area contributed by atoms with E-state index in [1.54, 1.807) is 7.11 Å². The highest BCUT2D eigenvalue weighted by Gasteiger charge is 2.35. The van der Waals surface area contributed by atoms with E-state index in [2.05, 4.69) is 0 Å². The highest BCUT2D eigenvalue weighted by atomic mass is 16.5. The number of carbonyl (C=O) groups is 1. The van der Waals surface area contributed by atoms with Gasteiger partial charge in [0, 0.05) is 6.42 Å². The van der Waals surface area contributed by atoms with Crippen LogP contribution in [0, 0.1) is 0 Å². The molecule has 0 unspecified atom stereocenters. The highest BCUT2D eigenvalue weighted by molar-refractivity contribution is 5.88. The summed E-state index contributed by atoms with van der Waals surface area (Å²) >= 11 is 0. The molecule has 1 fully saturated rings. The number of methoxy groups -OCH3 is 1. The van der Waals surface area contributed by atoms with Crippen LogP contribution in [0.5, 0.6) is 5.75 Å². The lowest BCUT2D eigenvalue weighted by atomic mass is 9.89. The summed E-state index contributed by atoms with van der Waals surface area (Å²) in [6.07, 6.45) is 5.20. The second kappa shape index (κ2) is 5.53. The molecular weight excluding hydrogens is 226 g/mol. The number of ether oxygens (including phenoxy) is 1. The maximum atomic E-state index is 12.1. The lowest BCUT2D eigenvalue weighted by Gasteiger charge is -2.21. The molecule has 1 saturated carbocycles. The molecule has 98 valence electrons. The van der Waals surface area contributed by atoms with Gasteiger partial charge in [-0.2, -0.15) is 0 Å². The van der Waals surface area contributed by atoms with Gasteiger partial charge in [0.15, 0.2) is 5.78 Å². The van der Waals surface area contributed by atoms with Gasteiger partial charge in [-0.05, 0) is 37.0 Å². The summed E-state index contributed by atoms with van der Waals surface area (Å²) in [6, 6.07) is 7.86. The molecule has 0 radical (unpaired) electrons. The van der Waals surface area contributed by atoms with Crippen molar-refractivity contribution >= 4 is 5.78 Å². The number of benzene rings is 1. The molecule has 3 nitrogen and oxygen atoms in total. The number of hydrogen-bond donors (Lipinski definition) is 1. The molecule has 18 heavy (non-hydrogen) atoms. The van der Waals surface area contributed by atoms with Gasteiger partial charge in [-0.25, -0.2) is 0 Å². The summed E-state index contributed by atoms with van der Waals surface area (Å²) in [6.45, 7) is 0. The molecule has 0 aliphatic heterocycles. The Balaban J connectivity index is 1.88. The molecule has 0 saturated heterocycles. The van der Waals surface area contributed by atoms with E-state index in [4.69, 9.17) is 10.5 Å². The Morgan fingerprint density at radius 3 is 2.44 bits per heavy atom. The summed E-state index contributed by atoms with van der Waals surface area (Å²) in [4.78, 5) is 12.1.